The molecule has 0 aromatic carbocycles. The van der Waals surface area contributed by atoms with E-state index in [0.29, 0.717) is 13.2 Å². The molecule has 5 nitrogen and oxygen atoms in total. The van der Waals surface area contributed by atoms with Gasteiger partial charge in [0.05, 0.1) is 30.5 Å². The molecule has 0 radical (unpaired) electrons. The molecule has 0 aromatic rings. The lowest BCUT2D eigenvalue weighted by molar-refractivity contribution is -0.121. The minimum absolute atomic E-state index is 0.0490. The summed E-state index contributed by atoms with van der Waals surface area (Å²) in [6.45, 7) is 6.17. The lowest BCUT2D eigenvalue weighted by atomic mass is 9.99. The molecule has 0 aliphatic carbocycles. The normalized spacial score (nSPS) is 23.8. The Kier molecular flexibility index (Phi) is 5.16. The molecule has 1 saturated heterocycles. The van der Waals surface area contributed by atoms with Gasteiger partial charge in [-0.05, 0) is 20.8 Å². The van der Waals surface area contributed by atoms with Gasteiger partial charge in [0, 0.05) is 7.05 Å². The number of likely N-dealkylation sites (N-methyl/N-ethyl adjacent to an activating group) is 1. The Morgan fingerprint density at radius 2 is 2.00 bits per heavy atom. The van der Waals surface area contributed by atoms with Crippen LogP contribution in [0.2, 0.25) is 0 Å². The Morgan fingerprint density at radius 1 is 1.39 bits per heavy atom. The fourth-order valence-corrected chi connectivity index (χ4v) is 2.22. The van der Waals surface area contributed by atoms with Crippen molar-refractivity contribution >= 4 is 27.8 Å². The molecule has 1 aliphatic heterocycles. The number of halogens is 1. The quantitative estimate of drug-likeness (QED) is 0.744. The highest BCUT2D eigenvalue weighted by Gasteiger charge is 2.38. The van der Waals surface area contributed by atoms with Crippen LogP contribution in [0.15, 0.2) is 0 Å². The number of hydrogen-bond acceptors (Lipinski definition) is 4. The molecule has 0 bridgehead atoms. The predicted octanol–water partition coefficient (Wildman–Crippen LogP) is 1.83. The fourth-order valence-electron chi connectivity index (χ4n) is 1.80. The highest BCUT2D eigenvalue weighted by molar-refractivity contribution is 9.09. The summed E-state index contributed by atoms with van der Waals surface area (Å²) in [6.07, 6.45) is -0.426. The number of carbonyl (C=O) groups excluding carboxylic acids is 2. The zero-order valence-electron chi connectivity index (χ0n) is 11.2. The first kappa shape index (κ1) is 15.4. The van der Waals surface area contributed by atoms with E-state index in [1.807, 2.05) is 20.8 Å². The number of Topliss-reactive ketones (excluding diaryl/α,β-unsaturated/α-hetero) is 1. The van der Waals surface area contributed by atoms with Crippen molar-refractivity contribution in [1.29, 1.82) is 0 Å². The Labute approximate surface area is 116 Å². The second-order valence-electron chi connectivity index (χ2n) is 5.40. The Hall–Kier alpha value is -0.620. The minimum atomic E-state index is -0.542. The topological polar surface area (TPSA) is 55.8 Å². The lowest BCUT2D eigenvalue weighted by Gasteiger charge is -2.30. The molecule has 1 fully saturated rings. The van der Waals surface area contributed by atoms with E-state index in [9.17, 15) is 9.59 Å². The second-order valence-corrected chi connectivity index (χ2v) is 5.96. The van der Waals surface area contributed by atoms with E-state index < -0.39 is 11.7 Å². The van der Waals surface area contributed by atoms with Gasteiger partial charge in [-0.25, -0.2) is 4.79 Å². The SMILES string of the molecule is CN(C(=O)OC(C)(C)C)C1COCC1C(=O)CBr. The van der Waals surface area contributed by atoms with Crippen LogP contribution in [0.3, 0.4) is 0 Å². The van der Waals surface area contributed by atoms with Gasteiger partial charge in [0.1, 0.15) is 5.60 Å². The maximum absolute atomic E-state index is 11.9. The van der Waals surface area contributed by atoms with Crippen molar-refractivity contribution in [2.24, 2.45) is 5.92 Å². The highest BCUT2D eigenvalue weighted by Crippen LogP contribution is 2.22. The largest absolute Gasteiger partial charge is 0.444 e. The van der Waals surface area contributed by atoms with E-state index in [1.165, 1.54) is 4.90 Å². The zero-order valence-corrected chi connectivity index (χ0v) is 12.8. The summed E-state index contributed by atoms with van der Waals surface area (Å²) in [6, 6.07) is -0.245. The van der Waals surface area contributed by atoms with E-state index in [0.717, 1.165) is 0 Å². The number of amides is 1. The number of nitrogens with zero attached hydrogens (tertiary/aromatic N) is 1. The summed E-state index contributed by atoms with van der Waals surface area (Å²) in [4.78, 5) is 25.1. The monoisotopic (exact) mass is 321 g/mol. The Bertz CT molecular complexity index is 327. The van der Waals surface area contributed by atoms with Crippen LogP contribution in [0.1, 0.15) is 20.8 Å². The molecule has 1 amide bonds. The molecule has 0 N–H and O–H groups in total. The molecule has 6 heteroatoms. The van der Waals surface area contributed by atoms with Gasteiger partial charge in [-0.1, -0.05) is 15.9 Å². The van der Waals surface area contributed by atoms with Gasteiger partial charge in [-0.15, -0.1) is 0 Å². The van der Waals surface area contributed by atoms with Gasteiger partial charge in [0.2, 0.25) is 0 Å². The standard InChI is InChI=1S/C12H20BrNO4/c1-12(2,3)18-11(16)14(4)9-7-17-6-8(9)10(15)5-13/h8-9H,5-7H2,1-4H3. The third kappa shape index (κ3) is 3.95. The van der Waals surface area contributed by atoms with Gasteiger partial charge < -0.3 is 14.4 Å². The molecule has 1 aliphatic rings. The third-order valence-corrected chi connectivity index (χ3v) is 3.33. The number of alkyl halides is 1. The fraction of sp³-hybridized carbons (Fsp3) is 0.833. The molecule has 0 saturated carbocycles. The molecule has 1 heterocycles. The maximum atomic E-state index is 11.9. The first-order chi connectivity index (χ1) is 8.26. The number of ketones is 1. The van der Waals surface area contributed by atoms with Crippen LogP contribution >= 0.6 is 15.9 Å². The van der Waals surface area contributed by atoms with Crippen molar-refractivity contribution in [3.8, 4) is 0 Å². The van der Waals surface area contributed by atoms with Crippen molar-refractivity contribution < 1.29 is 19.1 Å². The number of hydrogen-bond donors (Lipinski definition) is 0. The van der Waals surface area contributed by atoms with Crippen molar-refractivity contribution in [3.63, 3.8) is 0 Å². The summed E-state index contributed by atoms with van der Waals surface area (Å²) in [5.41, 5.74) is -0.542. The van der Waals surface area contributed by atoms with Crippen molar-refractivity contribution in [1.82, 2.24) is 4.90 Å². The smallest absolute Gasteiger partial charge is 0.410 e. The van der Waals surface area contributed by atoms with Gasteiger partial charge in [-0.2, -0.15) is 0 Å². The van der Waals surface area contributed by atoms with Crippen LogP contribution in [-0.4, -0.2) is 54.0 Å². The van der Waals surface area contributed by atoms with Gasteiger partial charge in [0.15, 0.2) is 5.78 Å². The second kappa shape index (κ2) is 6.02. The Morgan fingerprint density at radius 3 is 2.50 bits per heavy atom. The molecule has 2 atom stereocenters. The van der Waals surface area contributed by atoms with E-state index in [1.54, 1.807) is 7.05 Å². The number of rotatable bonds is 3. The maximum Gasteiger partial charge on any atom is 0.410 e. The molecule has 18 heavy (non-hydrogen) atoms. The average molecular weight is 322 g/mol. The van der Waals surface area contributed by atoms with Gasteiger partial charge >= 0.3 is 6.09 Å². The van der Waals surface area contributed by atoms with E-state index in [-0.39, 0.29) is 23.1 Å². The van der Waals surface area contributed by atoms with Crippen LogP contribution in [0.25, 0.3) is 0 Å². The Balaban J connectivity index is 2.68. The van der Waals surface area contributed by atoms with Crippen molar-refractivity contribution in [3.05, 3.63) is 0 Å². The molecule has 0 spiro atoms. The lowest BCUT2D eigenvalue weighted by Crippen LogP contribution is -2.46. The third-order valence-electron chi connectivity index (χ3n) is 2.77. The first-order valence-corrected chi connectivity index (χ1v) is 7.00. The van der Waals surface area contributed by atoms with Crippen LogP contribution in [0, 0.1) is 5.92 Å². The van der Waals surface area contributed by atoms with Crippen LogP contribution in [0.5, 0.6) is 0 Å². The summed E-state index contributed by atoms with van der Waals surface area (Å²) in [5, 5.41) is 0.277. The van der Waals surface area contributed by atoms with E-state index in [2.05, 4.69) is 15.9 Å². The zero-order chi connectivity index (χ0) is 13.9. The number of ether oxygens (including phenoxy) is 2. The van der Waals surface area contributed by atoms with E-state index >= 15 is 0 Å². The van der Waals surface area contributed by atoms with Crippen LogP contribution in [0.4, 0.5) is 4.79 Å². The minimum Gasteiger partial charge on any atom is -0.444 e. The molecular weight excluding hydrogens is 302 g/mol. The average Bonchev–Trinajstić information content (AvgIpc) is 2.73. The van der Waals surface area contributed by atoms with Crippen LogP contribution < -0.4 is 0 Å². The number of carbonyl (C=O) groups is 2. The van der Waals surface area contributed by atoms with Gasteiger partial charge in [0.25, 0.3) is 0 Å². The predicted molar refractivity (Wildman–Crippen MR) is 70.9 cm³/mol. The van der Waals surface area contributed by atoms with Crippen molar-refractivity contribution in [2.75, 3.05) is 25.6 Å². The molecule has 1 rings (SSSR count). The summed E-state index contributed by atoms with van der Waals surface area (Å²) in [5.74, 6) is -0.227. The summed E-state index contributed by atoms with van der Waals surface area (Å²) in [7, 11) is 1.64. The highest BCUT2D eigenvalue weighted by atomic mass is 79.9. The molecule has 104 valence electrons. The summed E-state index contributed by atoms with van der Waals surface area (Å²) >= 11 is 3.15. The van der Waals surface area contributed by atoms with E-state index in [4.69, 9.17) is 9.47 Å². The molecule has 0 aromatic heterocycles. The summed E-state index contributed by atoms with van der Waals surface area (Å²) < 4.78 is 10.6. The van der Waals surface area contributed by atoms with Crippen LogP contribution in [-0.2, 0) is 14.3 Å². The van der Waals surface area contributed by atoms with Crippen molar-refractivity contribution in [2.45, 2.75) is 32.4 Å². The first-order valence-electron chi connectivity index (χ1n) is 5.88. The molecular formula is C12H20BrNO4. The molecule has 2 unspecified atom stereocenters. The van der Waals surface area contributed by atoms with Gasteiger partial charge in [-0.3, -0.25) is 4.79 Å².